The van der Waals surface area contributed by atoms with Crippen molar-refractivity contribution in [3.63, 3.8) is 0 Å². The minimum absolute atomic E-state index is 0.0384. The molecule has 0 spiro atoms. The quantitative estimate of drug-likeness (QED) is 0.566. The first kappa shape index (κ1) is 10.5. The predicted molar refractivity (Wildman–Crippen MR) is 60.9 cm³/mol. The molecule has 2 aliphatic heterocycles. The van der Waals surface area contributed by atoms with Gasteiger partial charge in [0.2, 0.25) is 0 Å². The number of ether oxygens (including phenoxy) is 1. The van der Waals surface area contributed by atoms with E-state index in [4.69, 9.17) is 4.74 Å². The van der Waals surface area contributed by atoms with Gasteiger partial charge in [-0.25, -0.2) is 4.98 Å². The number of pyridine rings is 1. The third-order valence-corrected chi connectivity index (χ3v) is 3.51. The van der Waals surface area contributed by atoms with Crippen molar-refractivity contribution in [2.75, 3.05) is 31.2 Å². The largest absolute Gasteiger partial charge is 0.381 e. The van der Waals surface area contributed by atoms with Gasteiger partial charge in [-0.2, -0.15) is 0 Å². The third-order valence-electron chi connectivity index (χ3n) is 3.51. The molecule has 6 nitrogen and oxygen atoms in total. The summed E-state index contributed by atoms with van der Waals surface area (Å²) in [7, 11) is 0. The van der Waals surface area contributed by atoms with E-state index in [9.17, 15) is 10.1 Å². The van der Waals surface area contributed by atoms with E-state index in [0.29, 0.717) is 11.8 Å². The Morgan fingerprint density at radius 1 is 1.35 bits per heavy atom. The Balaban J connectivity index is 1.75. The topological polar surface area (TPSA) is 68.5 Å². The first-order valence-electron chi connectivity index (χ1n) is 5.67. The molecule has 90 valence electrons. The van der Waals surface area contributed by atoms with E-state index in [0.717, 1.165) is 32.1 Å². The highest BCUT2D eigenvalue weighted by atomic mass is 16.6. The van der Waals surface area contributed by atoms with E-state index < -0.39 is 4.92 Å². The van der Waals surface area contributed by atoms with Crippen molar-refractivity contribution in [1.82, 2.24) is 4.98 Å². The van der Waals surface area contributed by atoms with Gasteiger partial charge in [0.05, 0.1) is 18.1 Å². The highest BCUT2D eigenvalue weighted by molar-refractivity contribution is 5.44. The zero-order valence-electron chi connectivity index (χ0n) is 9.28. The number of rotatable bonds is 2. The molecule has 2 saturated heterocycles. The van der Waals surface area contributed by atoms with Gasteiger partial charge in [-0.05, 0) is 6.07 Å². The van der Waals surface area contributed by atoms with Crippen molar-refractivity contribution in [2.24, 2.45) is 11.8 Å². The van der Waals surface area contributed by atoms with Crippen LogP contribution in [0, 0.1) is 22.0 Å². The zero-order valence-corrected chi connectivity index (χ0v) is 9.28. The van der Waals surface area contributed by atoms with Crippen LogP contribution in [0.4, 0.5) is 11.5 Å². The van der Waals surface area contributed by atoms with E-state index in [1.807, 2.05) is 0 Å². The summed E-state index contributed by atoms with van der Waals surface area (Å²) in [6.45, 7) is 3.53. The third kappa shape index (κ3) is 1.84. The second-order valence-electron chi connectivity index (χ2n) is 4.59. The van der Waals surface area contributed by atoms with Crippen LogP contribution in [0.5, 0.6) is 0 Å². The summed E-state index contributed by atoms with van der Waals surface area (Å²) in [6, 6.07) is 3.23. The fourth-order valence-corrected chi connectivity index (χ4v) is 2.55. The van der Waals surface area contributed by atoms with Gasteiger partial charge in [0.1, 0.15) is 12.0 Å². The lowest BCUT2D eigenvalue weighted by atomic mass is 10.0. The second-order valence-corrected chi connectivity index (χ2v) is 4.59. The highest BCUT2D eigenvalue weighted by Crippen LogP contribution is 2.31. The number of hydrogen-bond acceptors (Lipinski definition) is 5. The van der Waals surface area contributed by atoms with Crippen molar-refractivity contribution in [1.29, 1.82) is 0 Å². The molecule has 1 aromatic rings. The Morgan fingerprint density at radius 2 is 2.06 bits per heavy atom. The molecule has 3 heterocycles. The lowest BCUT2D eigenvalue weighted by molar-refractivity contribution is -0.385. The number of hydrogen-bond donors (Lipinski definition) is 0. The van der Waals surface area contributed by atoms with E-state index in [1.54, 1.807) is 6.07 Å². The van der Waals surface area contributed by atoms with Crippen LogP contribution in [0.15, 0.2) is 18.3 Å². The van der Waals surface area contributed by atoms with Crippen LogP contribution in [0.25, 0.3) is 0 Å². The molecule has 1 aromatic heterocycles. The van der Waals surface area contributed by atoms with Crippen molar-refractivity contribution >= 4 is 11.5 Å². The maximum atomic E-state index is 10.5. The van der Waals surface area contributed by atoms with Crippen LogP contribution in [0.3, 0.4) is 0 Å². The van der Waals surface area contributed by atoms with Gasteiger partial charge in [0.25, 0.3) is 5.69 Å². The number of nitro groups is 1. The molecule has 0 amide bonds. The number of aromatic nitrogens is 1. The maximum absolute atomic E-state index is 10.5. The number of nitrogens with zero attached hydrogens (tertiary/aromatic N) is 3. The van der Waals surface area contributed by atoms with Gasteiger partial charge < -0.3 is 9.64 Å². The molecule has 2 unspecified atom stereocenters. The number of anilines is 1. The van der Waals surface area contributed by atoms with Crippen LogP contribution in [0.1, 0.15) is 0 Å². The first-order chi connectivity index (χ1) is 8.24. The Labute approximate surface area is 98.4 Å². The number of fused-ring (bicyclic) bond motifs is 1. The van der Waals surface area contributed by atoms with Gasteiger partial charge >= 0.3 is 0 Å². The summed E-state index contributed by atoms with van der Waals surface area (Å²) in [6.07, 6.45) is 1.32. The second kappa shape index (κ2) is 3.96. The molecule has 6 heteroatoms. The van der Waals surface area contributed by atoms with E-state index in [1.165, 1.54) is 12.3 Å². The smallest absolute Gasteiger partial charge is 0.287 e. The van der Waals surface area contributed by atoms with Crippen LogP contribution >= 0.6 is 0 Å². The van der Waals surface area contributed by atoms with Gasteiger partial charge in [-0.3, -0.25) is 10.1 Å². The standard InChI is InChI=1S/C11H13N3O3/c15-14(16)10-1-2-11(12-3-10)13-4-8-6-17-7-9(8)5-13/h1-3,8-9H,4-7H2. The molecule has 3 rings (SSSR count). The fourth-order valence-electron chi connectivity index (χ4n) is 2.55. The maximum Gasteiger partial charge on any atom is 0.287 e. The molecular formula is C11H13N3O3. The molecule has 2 fully saturated rings. The first-order valence-corrected chi connectivity index (χ1v) is 5.67. The summed E-state index contributed by atoms with van der Waals surface area (Å²) in [5.74, 6) is 2.00. The van der Waals surface area contributed by atoms with Crippen molar-refractivity contribution < 1.29 is 9.66 Å². The van der Waals surface area contributed by atoms with Crippen molar-refractivity contribution in [3.8, 4) is 0 Å². The summed E-state index contributed by atoms with van der Waals surface area (Å²) in [5.41, 5.74) is 0.0384. The Hall–Kier alpha value is -1.69. The van der Waals surface area contributed by atoms with E-state index in [2.05, 4.69) is 9.88 Å². The van der Waals surface area contributed by atoms with Crippen molar-refractivity contribution in [3.05, 3.63) is 28.4 Å². The lowest BCUT2D eigenvalue weighted by Crippen LogP contribution is -2.23. The van der Waals surface area contributed by atoms with Crippen molar-refractivity contribution in [2.45, 2.75) is 0 Å². The Kier molecular flexibility index (Phi) is 2.44. The minimum atomic E-state index is -0.427. The molecule has 0 aromatic carbocycles. The molecule has 0 N–H and O–H groups in total. The van der Waals surface area contributed by atoms with Crippen LogP contribution < -0.4 is 4.90 Å². The van der Waals surface area contributed by atoms with Crippen LogP contribution in [-0.2, 0) is 4.74 Å². The summed E-state index contributed by atoms with van der Waals surface area (Å²) < 4.78 is 5.41. The lowest BCUT2D eigenvalue weighted by Gasteiger charge is -2.17. The molecule has 0 radical (unpaired) electrons. The Bertz CT molecular complexity index is 422. The minimum Gasteiger partial charge on any atom is -0.381 e. The molecule has 17 heavy (non-hydrogen) atoms. The van der Waals surface area contributed by atoms with Crippen LogP contribution in [0.2, 0.25) is 0 Å². The van der Waals surface area contributed by atoms with Gasteiger partial charge in [0.15, 0.2) is 0 Å². The zero-order chi connectivity index (χ0) is 11.8. The molecule has 2 atom stereocenters. The fraction of sp³-hybridized carbons (Fsp3) is 0.545. The summed E-state index contributed by atoms with van der Waals surface area (Å²) in [5, 5.41) is 10.5. The monoisotopic (exact) mass is 235 g/mol. The van der Waals surface area contributed by atoms with Gasteiger partial charge in [-0.1, -0.05) is 0 Å². The highest BCUT2D eigenvalue weighted by Gasteiger charge is 2.37. The molecule has 0 bridgehead atoms. The van der Waals surface area contributed by atoms with E-state index in [-0.39, 0.29) is 5.69 Å². The van der Waals surface area contributed by atoms with Gasteiger partial charge in [-0.15, -0.1) is 0 Å². The average Bonchev–Trinajstić information content (AvgIpc) is 2.89. The predicted octanol–water partition coefficient (Wildman–Crippen LogP) is 1.07. The SMILES string of the molecule is O=[N+]([O-])c1ccc(N2CC3COCC3C2)nc1. The molecular weight excluding hydrogens is 222 g/mol. The Morgan fingerprint density at radius 3 is 2.59 bits per heavy atom. The molecule has 0 aliphatic carbocycles. The average molecular weight is 235 g/mol. The summed E-state index contributed by atoms with van der Waals surface area (Å²) in [4.78, 5) is 16.4. The molecule has 2 aliphatic rings. The van der Waals surface area contributed by atoms with Gasteiger partial charge in [0, 0.05) is 31.0 Å². The summed E-state index contributed by atoms with van der Waals surface area (Å²) >= 11 is 0. The van der Waals surface area contributed by atoms with Crippen LogP contribution in [-0.4, -0.2) is 36.2 Å². The van der Waals surface area contributed by atoms with E-state index >= 15 is 0 Å². The molecule has 0 saturated carbocycles. The normalized spacial score (nSPS) is 27.2.